The summed E-state index contributed by atoms with van der Waals surface area (Å²) in [4.78, 5) is 5.00. The summed E-state index contributed by atoms with van der Waals surface area (Å²) < 4.78 is 13.5. The van der Waals surface area contributed by atoms with Crippen LogP contribution in [-0.2, 0) is 21.7 Å². The zero-order valence-electron chi connectivity index (χ0n) is 27.9. The molecule has 0 radical (unpaired) electrons. The third-order valence-corrected chi connectivity index (χ3v) is 17.7. The van der Waals surface area contributed by atoms with E-state index in [0.29, 0.717) is 13.2 Å². The van der Waals surface area contributed by atoms with Gasteiger partial charge in [-0.25, -0.2) is 0 Å². The molecule has 7 heteroatoms. The minimum Gasteiger partial charge on any atom is -0.415 e. The molecule has 0 aliphatic heterocycles. The van der Waals surface area contributed by atoms with Gasteiger partial charge in [0.05, 0.1) is 25.3 Å². The number of hydrogen-bond acceptors (Lipinski definition) is 3. The number of aliphatic imine (C=N–C) groups is 1. The fourth-order valence-corrected chi connectivity index (χ4v) is 6.00. The molecule has 2 rings (SSSR count). The van der Waals surface area contributed by atoms with E-state index in [1.54, 1.807) is 0 Å². The van der Waals surface area contributed by atoms with Crippen molar-refractivity contribution in [3.05, 3.63) is 71.8 Å². The Morgan fingerprint density at radius 3 is 1.37 bits per heavy atom. The van der Waals surface area contributed by atoms with Gasteiger partial charge < -0.3 is 19.5 Å². The van der Waals surface area contributed by atoms with E-state index in [9.17, 15) is 0 Å². The highest BCUT2D eigenvalue weighted by Crippen LogP contribution is 2.37. The van der Waals surface area contributed by atoms with Gasteiger partial charge in [0.15, 0.2) is 22.6 Å². The summed E-state index contributed by atoms with van der Waals surface area (Å²) in [7, 11) is -3.82. The number of hydrogen-bond donors (Lipinski definition) is 2. The molecular weight excluding hydrogens is 539 g/mol. The van der Waals surface area contributed by atoms with Crippen molar-refractivity contribution >= 4 is 22.6 Å². The average Bonchev–Trinajstić information content (AvgIpc) is 2.89. The van der Waals surface area contributed by atoms with Gasteiger partial charge in [0.25, 0.3) is 0 Å². The second-order valence-electron chi connectivity index (χ2n) is 14.4. The van der Waals surface area contributed by atoms with Crippen molar-refractivity contribution in [3.63, 3.8) is 0 Å². The Kier molecular flexibility index (Phi) is 13.3. The normalized spacial score (nSPS) is 14.3. The topological polar surface area (TPSA) is 54.9 Å². The van der Waals surface area contributed by atoms with Crippen LogP contribution in [0, 0.1) is 0 Å². The van der Waals surface area contributed by atoms with E-state index in [1.165, 1.54) is 11.1 Å². The summed E-state index contributed by atoms with van der Waals surface area (Å²) in [5, 5.41) is 7.91. The molecule has 2 aromatic rings. The van der Waals surface area contributed by atoms with Crippen LogP contribution in [0.4, 0.5) is 0 Å². The van der Waals surface area contributed by atoms with Gasteiger partial charge in [-0.3, -0.25) is 4.99 Å². The van der Waals surface area contributed by atoms with E-state index in [0.717, 1.165) is 31.8 Å². The Morgan fingerprint density at radius 2 is 1.05 bits per heavy atom. The van der Waals surface area contributed by atoms with Gasteiger partial charge in [-0.1, -0.05) is 109 Å². The predicted molar refractivity (Wildman–Crippen MR) is 183 cm³/mol. The molecule has 0 spiro atoms. The molecule has 0 saturated heterocycles. The molecule has 0 bridgehead atoms. The quantitative estimate of drug-likeness (QED) is 0.131. The number of nitrogens with zero attached hydrogens (tertiary/aromatic N) is 1. The van der Waals surface area contributed by atoms with E-state index in [-0.39, 0.29) is 22.2 Å². The molecule has 2 aromatic carbocycles. The molecule has 2 N–H and O–H groups in total. The Labute approximate surface area is 254 Å². The Morgan fingerprint density at radius 1 is 0.683 bits per heavy atom. The van der Waals surface area contributed by atoms with Crippen molar-refractivity contribution in [3.8, 4) is 0 Å². The molecular formula is C34H59N3O2Si2. The smallest absolute Gasteiger partial charge is 0.192 e. The van der Waals surface area contributed by atoms with E-state index in [4.69, 9.17) is 13.8 Å². The first-order valence-corrected chi connectivity index (χ1v) is 21.3. The minimum atomic E-state index is -1.91. The van der Waals surface area contributed by atoms with E-state index in [2.05, 4.69) is 146 Å². The maximum absolute atomic E-state index is 6.74. The predicted octanol–water partition coefficient (Wildman–Crippen LogP) is 8.20. The molecule has 0 aliphatic carbocycles. The monoisotopic (exact) mass is 597 g/mol. The van der Waals surface area contributed by atoms with Crippen molar-refractivity contribution < 1.29 is 8.85 Å². The summed E-state index contributed by atoms with van der Waals surface area (Å²) >= 11 is 0. The minimum absolute atomic E-state index is 0.0910. The third kappa shape index (κ3) is 12.1. The van der Waals surface area contributed by atoms with Crippen LogP contribution in [0.2, 0.25) is 36.3 Å². The van der Waals surface area contributed by atoms with Crippen molar-refractivity contribution in [1.29, 1.82) is 0 Å². The van der Waals surface area contributed by atoms with Crippen LogP contribution in [-0.4, -0.2) is 54.4 Å². The van der Waals surface area contributed by atoms with Crippen LogP contribution >= 0.6 is 0 Å². The highest BCUT2D eigenvalue weighted by molar-refractivity contribution is 6.74. The van der Waals surface area contributed by atoms with Crippen molar-refractivity contribution in [2.75, 3.05) is 19.8 Å². The van der Waals surface area contributed by atoms with Crippen molar-refractivity contribution in [1.82, 2.24) is 10.6 Å². The lowest BCUT2D eigenvalue weighted by atomic mass is 10.1. The second-order valence-corrected chi connectivity index (χ2v) is 24.1. The lowest BCUT2D eigenvalue weighted by Gasteiger charge is -2.38. The van der Waals surface area contributed by atoms with Crippen LogP contribution in [0.3, 0.4) is 0 Å². The zero-order valence-corrected chi connectivity index (χ0v) is 29.9. The lowest BCUT2D eigenvalue weighted by Crippen LogP contribution is -2.54. The Hall–Kier alpha value is -1.94. The fourth-order valence-electron chi connectivity index (χ4n) is 3.89. The highest BCUT2D eigenvalue weighted by atomic mass is 28.4. The molecule has 0 fully saturated rings. The van der Waals surface area contributed by atoms with Crippen LogP contribution in [0.15, 0.2) is 65.7 Å². The summed E-state index contributed by atoms with van der Waals surface area (Å²) in [5.74, 6) is 0.839. The Bertz CT molecular complexity index is 966. The molecule has 0 heterocycles. The van der Waals surface area contributed by atoms with Gasteiger partial charge in [0.1, 0.15) is 0 Å². The summed E-state index contributed by atoms with van der Waals surface area (Å²) in [5.41, 5.74) is 2.58. The van der Waals surface area contributed by atoms with E-state index < -0.39 is 16.6 Å². The molecule has 5 nitrogen and oxygen atoms in total. The first-order chi connectivity index (χ1) is 19.0. The first kappa shape index (κ1) is 35.3. The lowest BCUT2D eigenvalue weighted by molar-refractivity contribution is 0.245. The largest absolute Gasteiger partial charge is 0.415 e. The summed E-state index contributed by atoms with van der Waals surface area (Å²) in [6, 6.07) is 21.6. The molecule has 0 unspecified atom stereocenters. The van der Waals surface area contributed by atoms with Gasteiger partial charge in [0.2, 0.25) is 0 Å². The van der Waals surface area contributed by atoms with Crippen LogP contribution in [0.5, 0.6) is 0 Å². The summed E-state index contributed by atoms with van der Waals surface area (Å²) in [6.07, 6.45) is 2.72. The van der Waals surface area contributed by atoms with Gasteiger partial charge in [-0.05, 0) is 66.7 Å². The Balaban J connectivity index is 2.31. The highest BCUT2D eigenvalue weighted by Gasteiger charge is 2.39. The van der Waals surface area contributed by atoms with Crippen molar-refractivity contribution in [2.24, 2.45) is 4.99 Å². The molecule has 41 heavy (non-hydrogen) atoms. The van der Waals surface area contributed by atoms with Crippen molar-refractivity contribution in [2.45, 2.75) is 116 Å². The van der Waals surface area contributed by atoms with E-state index in [1.807, 2.05) is 0 Å². The first-order valence-electron chi connectivity index (χ1n) is 15.5. The second kappa shape index (κ2) is 15.5. The maximum atomic E-state index is 6.74. The average molecular weight is 598 g/mol. The van der Waals surface area contributed by atoms with Gasteiger partial charge >= 0.3 is 0 Å². The van der Waals surface area contributed by atoms with Crippen LogP contribution < -0.4 is 10.6 Å². The van der Waals surface area contributed by atoms with Gasteiger partial charge in [-0.2, -0.15) is 0 Å². The zero-order chi connectivity index (χ0) is 30.7. The number of nitrogens with one attached hydrogen (secondary N) is 2. The van der Waals surface area contributed by atoms with Gasteiger partial charge in [-0.15, -0.1) is 0 Å². The van der Waals surface area contributed by atoms with Crippen LogP contribution in [0.25, 0.3) is 0 Å². The standard InChI is InChI=1S/C34H59N3O2Si2/c1-12-23-35-32(36-30(24-28-19-15-13-16-20-28)26-38-40(8,9)33(2,3)4)37-31(25-29-21-17-14-18-22-29)27-39-41(10,11)34(5,6)7/h13-22,30-31H,12,23-27H2,1-11H3,(H2,35,36,37)/t30-,31-/m0/s1. The number of guanidine groups is 1. The third-order valence-electron chi connectivity index (χ3n) is 8.73. The fraction of sp³-hybridized carbons (Fsp3) is 0.618. The molecule has 230 valence electrons. The van der Waals surface area contributed by atoms with E-state index >= 15 is 0 Å². The molecule has 0 amide bonds. The SMILES string of the molecule is CCCN=C(N[C@H](CO[Si](C)(C)C(C)(C)C)Cc1ccccc1)N[C@H](CO[Si](C)(C)C(C)(C)C)Cc1ccccc1. The number of benzene rings is 2. The molecule has 0 aliphatic rings. The van der Waals surface area contributed by atoms with Crippen LogP contribution in [0.1, 0.15) is 66.0 Å². The molecule has 2 atom stereocenters. The summed E-state index contributed by atoms with van der Waals surface area (Å²) in [6.45, 7) is 27.3. The number of rotatable bonds is 14. The molecule has 0 saturated carbocycles. The van der Waals surface area contributed by atoms with Gasteiger partial charge in [0, 0.05) is 6.54 Å². The molecule has 0 aromatic heterocycles. The maximum Gasteiger partial charge on any atom is 0.192 e.